The zero-order valence-electron chi connectivity index (χ0n) is 19.4. The van der Waals surface area contributed by atoms with E-state index in [4.69, 9.17) is 11.6 Å². The molecule has 33 heavy (non-hydrogen) atoms. The number of aliphatic hydroxyl groups excluding tert-OH is 1. The molecule has 180 valence electrons. The summed E-state index contributed by atoms with van der Waals surface area (Å²) in [6, 6.07) is 4.04. The number of hydrogen-bond acceptors (Lipinski definition) is 5. The molecule has 3 amide bonds. The number of carbonyl (C=O) groups excluding carboxylic acids is 3. The molecule has 3 aliphatic rings. The van der Waals surface area contributed by atoms with Crippen LogP contribution in [-0.2, 0) is 14.4 Å². The van der Waals surface area contributed by atoms with E-state index in [0.717, 1.165) is 18.4 Å². The highest BCUT2D eigenvalue weighted by Gasteiger charge is 2.76. The van der Waals surface area contributed by atoms with E-state index >= 15 is 0 Å². The van der Waals surface area contributed by atoms with Gasteiger partial charge in [0, 0.05) is 11.8 Å². The van der Waals surface area contributed by atoms with Gasteiger partial charge in [-0.1, -0.05) is 37.6 Å². The van der Waals surface area contributed by atoms with E-state index < -0.39 is 28.7 Å². The number of thioether (sulfide) groups is 1. The van der Waals surface area contributed by atoms with Gasteiger partial charge in [-0.3, -0.25) is 14.4 Å². The molecule has 7 nitrogen and oxygen atoms in total. The van der Waals surface area contributed by atoms with Crippen LogP contribution < -0.4 is 10.6 Å². The second-order valence-corrected chi connectivity index (χ2v) is 11.5. The number of likely N-dealkylation sites (tertiary alicyclic amines) is 1. The number of halogens is 1. The van der Waals surface area contributed by atoms with Crippen molar-refractivity contribution in [2.45, 2.75) is 62.6 Å². The second kappa shape index (κ2) is 9.12. The number of hydrogen-bond donors (Lipinski definition) is 3. The van der Waals surface area contributed by atoms with E-state index in [9.17, 15) is 19.5 Å². The number of rotatable bonds is 7. The highest BCUT2D eigenvalue weighted by atomic mass is 35.5. The first-order valence-electron chi connectivity index (χ1n) is 11.6. The zero-order valence-corrected chi connectivity index (χ0v) is 21.0. The van der Waals surface area contributed by atoms with E-state index in [1.54, 1.807) is 24.8 Å². The molecule has 3 heterocycles. The van der Waals surface area contributed by atoms with Crippen LogP contribution in [0, 0.1) is 24.7 Å². The quantitative estimate of drug-likeness (QED) is 0.542. The molecule has 3 saturated heterocycles. The Hall–Kier alpha value is -1.77. The van der Waals surface area contributed by atoms with Gasteiger partial charge >= 0.3 is 0 Å². The monoisotopic (exact) mass is 493 g/mol. The fourth-order valence-corrected chi connectivity index (χ4v) is 8.65. The van der Waals surface area contributed by atoms with Crippen molar-refractivity contribution in [3.05, 3.63) is 28.8 Å². The number of amides is 3. The minimum Gasteiger partial charge on any atom is -0.394 e. The molecular formula is C24H32ClN3O4S. The molecule has 0 aromatic heterocycles. The van der Waals surface area contributed by atoms with Crippen molar-refractivity contribution in [3.8, 4) is 0 Å². The summed E-state index contributed by atoms with van der Waals surface area (Å²) < 4.78 is -0.724. The van der Waals surface area contributed by atoms with E-state index in [1.807, 2.05) is 26.0 Å². The second-order valence-electron chi connectivity index (χ2n) is 9.54. The van der Waals surface area contributed by atoms with Gasteiger partial charge in [-0.25, -0.2) is 0 Å². The predicted octanol–water partition coefficient (Wildman–Crippen LogP) is 2.83. The number of nitrogens with one attached hydrogen (secondary N) is 2. The van der Waals surface area contributed by atoms with E-state index in [-0.39, 0.29) is 35.5 Å². The van der Waals surface area contributed by atoms with Gasteiger partial charge in [0.15, 0.2) is 0 Å². The summed E-state index contributed by atoms with van der Waals surface area (Å²) in [6.45, 7) is 7.96. The third kappa shape index (κ3) is 3.65. The number of fused-ring (bicyclic) bond motifs is 1. The van der Waals surface area contributed by atoms with Crippen LogP contribution in [0.2, 0.25) is 5.02 Å². The van der Waals surface area contributed by atoms with Crippen LogP contribution in [0.25, 0.3) is 0 Å². The molecule has 9 heteroatoms. The predicted molar refractivity (Wildman–Crippen MR) is 130 cm³/mol. The molecule has 0 radical (unpaired) electrons. The van der Waals surface area contributed by atoms with Crippen molar-refractivity contribution < 1.29 is 19.5 Å². The molecule has 3 N–H and O–H groups in total. The van der Waals surface area contributed by atoms with Gasteiger partial charge in [0.25, 0.3) is 0 Å². The minimum absolute atomic E-state index is 0.00487. The number of carbonyl (C=O) groups is 3. The normalized spacial score (nSPS) is 33.2. The molecule has 3 aliphatic heterocycles. The van der Waals surface area contributed by atoms with Gasteiger partial charge in [0.1, 0.15) is 6.04 Å². The lowest BCUT2D eigenvalue weighted by Gasteiger charge is -2.39. The van der Waals surface area contributed by atoms with Crippen molar-refractivity contribution in [1.29, 1.82) is 0 Å². The van der Waals surface area contributed by atoms with Gasteiger partial charge in [-0.2, -0.15) is 0 Å². The number of nitrogens with zero attached hydrogens (tertiary/aromatic N) is 1. The summed E-state index contributed by atoms with van der Waals surface area (Å²) >= 11 is 7.99. The first kappa shape index (κ1) is 24.4. The van der Waals surface area contributed by atoms with Gasteiger partial charge in [-0.15, -0.1) is 11.8 Å². The Morgan fingerprint density at radius 1 is 1.36 bits per heavy atom. The maximum absolute atomic E-state index is 13.9. The summed E-state index contributed by atoms with van der Waals surface area (Å²) in [4.78, 5) is 42.3. The molecule has 1 aromatic rings. The largest absolute Gasteiger partial charge is 0.394 e. The smallest absolute Gasteiger partial charge is 0.248 e. The summed E-state index contributed by atoms with van der Waals surface area (Å²) in [7, 11) is 0. The van der Waals surface area contributed by atoms with Crippen molar-refractivity contribution in [3.63, 3.8) is 0 Å². The van der Waals surface area contributed by atoms with Crippen molar-refractivity contribution in [2.24, 2.45) is 17.8 Å². The van der Waals surface area contributed by atoms with Crippen LogP contribution in [0.4, 0.5) is 5.69 Å². The molecule has 1 aromatic carbocycles. The Labute approximate surface area is 204 Å². The number of aryl methyl sites for hydroxylation is 1. The lowest BCUT2D eigenvalue weighted by atomic mass is 9.66. The maximum atomic E-state index is 13.9. The Morgan fingerprint density at radius 3 is 2.73 bits per heavy atom. The van der Waals surface area contributed by atoms with Gasteiger partial charge in [0.05, 0.1) is 39.9 Å². The number of para-hydroxylation sites is 1. The van der Waals surface area contributed by atoms with Crippen LogP contribution in [0.5, 0.6) is 0 Å². The van der Waals surface area contributed by atoms with Gasteiger partial charge < -0.3 is 20.6 Å². The molecular weight excluding hydrogens is 462 g/mol. The van der Waals surface area contributed by atoms with Crippen molar-refractivity contribution in [2.75, 3.05) is 18.5 Å². The topological polar surface area (TPSA) is 98.7 Å². The van der Waals surface area contributed by atoms with Crippen LogP contribution in [0.1, 0.15) is 39.2 Å². The Morgan fingerprint density at radius 2 is 2.09 bits per heavy atom. The van der Waals surface area contributed by atoms with Crippen molar-refractivity contribution >= 4 is 46.8 Å². The highest BCUT2D eigenvalue weighted by molar-refractivity contribution is 8.02. The first-order chi connectivity index (χ1) is 15.7. The summed E-state index contributed by atoms with van der Waals surface area (Å²) in [5, 5.41) is 16.3. The van der Waals surface area contributed by atoms with Gasteiger partial charge in [0.2, 0.25) is 17.7 Å². The number of anilines is 1. The standard InChI is InChI=1S/C24H32ClN3O4S/c1-5-9-26-21(30)17-16-10-13(3)24(33-16)18(17)23(32)28(14(4)11-29)20(24)22(31)27-19-12(2)7-6-8-15(19)25/h6-8,13-14,16-18,20,29H,5,9-11H2,1-4H3,(H,26,30)(H,27,31)/t13?,14-,16+,17-,18+,20?,24?/m1/s1. The Kier molecular flexibility index (Phi) is 6.73. The van der Waals surface area contributed by atoms with E-state index in [1.165, 1.54) is 4.90 Å². The minimum atomic E-state index is -0.804. The highest BCUT2D eigenvalue weighted by Crippen LogP contribution is 2.68. The third-order valence-electron chi connectivity index (χ3n) is 7.49. The zero-order chi connectivity index (χ0) is 24.1. The average Bonchev–Trinajstić information content (AvgIpc) is 3.37. The molecule has 3 fully saturated rings. The fourth-order valence-electron chi connectivity index (χ4n) is 5.97. The van der Waals surface area contributed by atoms with Crippen LogP contribution >= 0.6 is 23.4 Å². The summed E-state index contributed by atoms with van der Waals surface area (Å²) in [6.07, 6.45) is 1.58. The van der Waals surface area contributed by atoms with E-state index in [2.05, 4.69) is 17.6 Å². The fraction of sp³-hybridized carbons (Fsp3) is 0.625. The summed E-state index contributed by atoms with van der Waals surface area (Å²) in [5.74, 6) is -1.65. The Bertz CT molecular complexity index is 955. The summed E-state index contributed by atoms with van der Waals surface area (Å²) in [5.41, 5.74) is 1.35. The third-order valence-corrected chi connectivity index (χ3v) is 9.88. The lowest BCUT2D eigenvalue weighted by molar-refractivity contribution is -0.141. The molecule has 2 bridgehead atoms. The van der Waals surface area contributed by atoms with E-state index in [0.29, 0.717) is 17.3 Å². The van der Waals surface area contributed by atoms with Gasteiger partial charge in [-0.05, 0) is 44.2 Å². The van der Waals surface area contributed by atoms with Crippen molar-refractivity contribution in [1.82, 2.24) is 10.2 Å². The SMILES string of the molecule is CCCNC(=O)[C@@H]1[C@@H]2CC(C)C3(S2)C(C(=O)Nc2c(C)cccc2Cl)N([C@H](C)CO)C(=O)[C@H]13. The van der Waals surface area contributed by atoms with Crippen LogP contribution in [0.3, 0.4) is 0 Å². The number of benzene rings is 1. The molecule has 4 rings (SSSR count). The Balaban J connectivity index is 1.76. The number of aliphatic hydroxyl groups is 1. The molecule has 7 atom stereocenters. The lowest BCUT2D eigenvalue weighted by Crippen LogP contribution is -2.56. The average molecular weight is 494 g/mol. The molecule has 0 saturated carbocycles. The molecule has 1 spiro atoms. The maximum Gasteiger partial charge on any atom is 0.248 e. The molecule has 0 aliphatic carbocycles. The van der Waals surface area contributed by atoms with Crippen LogP contribution in [0.15, 0.2) is 18.2 Å². The molecule has 3 unspecified atom stereocenters. The van der Waals surface area contributed by atoms with Crippen LogP contribution in [-0.4, -0.2) is 63.0 Å². The first-order valence-corrected chi connectivity index (χ1v) is 12.9.